The minimum absolute atomic E-state index is 0.484. The zero-order valence-corrected chi connectivity index (χ0v) is 8.48. The number of carbonyl (C=O) groups excluding carboxylic acids is 2. The van der Waals surface area contributed by atoms with E-state index >= 15 is 0 Å². The summed E-state index contributed by atoms with van der Waals surface area (Å²) in [4.78, 5) is 20.9. The van der Waals surface area contributed by atoms with Crippen molar-refractivity contribution in [2.45, 2.75) is 24.1 Å². The van der Waals surface area contributed by atoms with E-state index in [1.54, 1.807) is 6.92 Å². The molecule has 0 aliphatic carbocycles. The van der Waals surface area contributed by atoms with Crippen molar-refractivity contribution in [3.05, 3.63) is 0 Å². The number of esters is 2. The Balaban J connectivity index is 3.86. The summed E-state index contributed by atoms with van der Waals surface area (Å²) in [5.41, 5.74) is 0. The molecule has 11 heavy (non-hydrogen) atoms. The van der Waals surface area contributed by atoms with E-state index in [1.165, 1.54) is 6.92 Å². The Kier molecular flexibility index (Phi) is 4.68. The minimum Gasteiger partial charge on any atom is -0.391 e. The third-order valence-electron chi connectivity index (χ3n) is 0.851. The van der Waals surface area contributed by atoms with Crippen molar-refractivity contribution in [1.29, 1.82) is 0 Å². The summed E-state index contributed by atoms with van der Waals surface area (Å²) in [7, 11) is 0. The molecule has 0 aliphatic heterocycles. The van der Waals surface area contributed by atoms with Gasteiger partial charge < -0.3 is 4.74 Å². The molecule has 0 heterocycles. The standard InChI is InChI=1S/C6H8BrClO3/c1-3(7)5(9)11-6(10)4(2)8/h3-4H,1-2H3. The van der Waals surface area contributed by atoms with Gasteiger partial charge in [-0.15, -0.1) is 11.6 Å². The lowest BCUT2D eigenvalue weighted by Crippen LogP contribution is -2.23. The van der Waals surface area contributed by atoms with Crippen LogP contribution in [-0.4, -0.2) is 22.1 Å². The molecule has 0 amide bonds. The van der Waals surface area contributed by atoms with Gasteiger partial charge in [-0.25, -0.2) is 4.79 Å². The van der Waals surface area contributed by atoms with Gasteiger partial charge in [-0.1, -0.05) is 15.9 Å². The second kappa shape index (κ2) is 4.72. The van der Waals surface area contributed by atoms with E-state index in [2.05, 4.69) is 20.7 Å². The van der Waals surface area contributed by atoms with Crippen LogP contribution in [0.2, 0.25) is 0 Å². The molecule has 0 saturated carbocycles. The Morgan fingerprint density at radius 1 is 1.36 bits per heavy atom. The van der Waals surface area contributed by atoms with Crippen LogP contribution in [0.25, 0.3) is 0 Å². The molecule has 0 aromatic heterocycles. The minimum atomic E-state index is -0.787. The molecule has 5 heteroatoms. The molecule has 0 rings (SSSR count). The summed E-state index contributed by atoms with van der Waals surface area (Å²) in [5.74, 6) is -1.34. The van der Waals surface area contributed by atoms with Gasteiger partial charge in [-0.3, -0.25) is 4.79 Å². The molecule has 0 aliphatic rings. The van der Waals surface area contributed by atoms with Crippen LogP contribution in [-0.2, 0) is 14.3 Å². The summed E-state index contributed by atoms with van der Waals surface area (Å²) >= 11 is 8.28. The lowest BCUT2D eigenvalue weighted by molar-refractivity contribution is -0.158. The Bertz CT molecular complexity index is 149. The average molecular weight is 243 g/mol. The third kappa shape index (κ3) is 4.37. The highest BCUT2D eigenvalue weighted by molar-refractivity contribution is 9.10. The molecule has 0 saturated heterocycles. The van der Waals surface area contributed by atoms with Crippen molar-refractivity contribution in [3.63, 3.8) is 0 Å². The van der Waals surface area contributed by atoms with Crippen molar-refractivity contribution in [3.8, 4) is 0 Å². The molecule has 0 bridgehead atoms. The van der Waals surface area contributed by atoms with Crippen LogP contribution >= 0.6 is 27.5 Å². The van der Waals surface area contributed by atoms with Crippen LogP contribution in [0, 0.1) is 0 Å². The summed E-state index contributed by atoms with van der Waals surface area (Å²) < 4.78 is 4.32. The normalized spacial score (nSPS) is 15.3. The van der Waals surface area contributed by atoms with Gasteiger partial charge in [-0.2, -0.15) is 0 Å². The van der Waals surface area contributed by atoms with E-state index in [0.29, 0.717) is 0 Å². The molecule has 64 valence electrons. The molecule has 3 nitrogen and oxygen atoms in total. The largest absolute Gasteiger partial charge is 0.391 e. The Hall–Kier alpha value is -0.0900. The van der Waals surface area contributed by atoms with E-state index in [4.69, 9.17) is 11.6 Å². The number of alkyl halides is 2. The molecule has 2 unspecified atom stereocenters. The zero-order valence-electron chi connectivity index (χ0n) is 6.14. The molecule has 0 N–H and O–H groups in total. The predicted molar refractivity (Wildman–Crippen MR) is 44.8 cm³/mol. The third-order valence-corrected chi connectivity index (χ3v) is 1.40. The molecular weight excluding hydrogens is 235 g/mol. The second-order valence-electron chi connectivity index (χ2n) is 1.97. The first-order chi connectivity index (χ1) is 4.95. The van der Waals surface area contributed by atoms with Gasteiger partial charge >= 0.3 is 11.9 Å². The highest BCUT2D eigenvalue weighted by atomic mass is 79.9. The Morgan fingerprint density at radius 3 is 2.09 bits per heavy atom. The van der Waals surface area contributed by atoms with Crippen LogP contribution in [0.1, 0.15) is 13.8 Å². The van der Waals surface area contributed by atoms with Gasteiger partial charge in [0.15, 0.2) is 0 Å². The van der Waals surface area contributed by atoms with Crippen LogP contribution in [0.3, 0.4) is 0 Å². The van der Waals surface area contributed by atoms with Crippen LogP contribution in [0.5, 0.6) is 0 Å². The SMILES string of the molecule is CC(Cl)C(=O)OC(=O)C(C)Br. The number of hydrogen-bond acceptors (Lipinski definition) is 3. The van der Waals surface area contributed by atoms with E-state index in [0.717, 1.165) is 0 Å². The molecule has 0 spiro atoms. The van der Waals surface area contributed by atoms with Gasteiger partial charge in [0.2, 0.25) is 0 Å². The Morgan fingerprint density at radius 2 is 1.82 bits per heavy atom. The molecule has 0 aromatic carbocycles. The lowest BCUT2D eigenvalue weighted by atomic mass is 10.4. The van der Waals surface area contributed by atoms with E-state index < -0.39 is 22.1 Å². The highest BCUT2D eigenvalue weighted by Gasteiger charge is 2.18. The highest BCUT2D eigenvalue weighted by Crippen LogP contribution is 2.03. The van der Waals surface area contributed by atoms with Crippen molar-refractivity contribution in [1.82, 2.24) is 0 Å². The topological polar surface area (TPSA) is 43.4 Å². The van der Waals surface area contributed by atoms with E-state index in [-0.39, 0.29) is 0 Å². The van der Waals surface area contributed by atoms with E-state index in [9.17, 15) is 9.59 Å². The average Bonchev–Trinajstić information content (AvgIpc) is 1.87. The number of carbonyl (C=O) groups is 2. The van der Waals surface area contributed by atoms with Crippen molar-refractivity contribution >= 4 is 39.5 Å². The van der Waals surface area contributed by atoms with Gasteiger partial charge in [-0.05, 0) is 13.8 Å². The quantitative estimate of drug-likeness (QED) is 0.419. The Labute approximate surface area is 78.2 Å². The second-order valence-corrected chi connectivity index (χ2v) is 4.00. The fourth-order valence-electron chi connectivity index (χ4n) is 0.262. The fraction of sp³-hybridized carbons (Fsp3) is 0.667. The summed E-state index contributed by atoms with van der Waals surface area (Å²) in [6.07, 6.45) is 0. The molecule has 2 atom stereocenters. The lowest BCUT2D eigenvalue weighted by Gasteiger charge is -2.04. The smallest absolute Gasteiger partial charge is 0.331 e. The van der Waals surface area contributed by atoms with Gasteiger partial charge in [0.25, 0.3) is 0 Å². The molecule has 0 fully saturated rings. The maximum atomic E-state index is 10.7. The summed E-state index contributed by atoms with van der Waals surface area (Å²) in [5, 5.41) is -0.787. The first kappa shape index (κ1) is 10.9. The molecular formula is C6H8BrClO3. The molecule has 0 radical (unpaired) electrons. The number of hydrogen-bond donors (Lipinski definition) is 0. The summed E-state index contributed by atoms with van der Waals surface area (Å²) in [6.45, 7) is 3.00. The monoisotopic (exact) mass is 242 g/mol. The van der Waals surface area contributed by atoms with Gasteiger partial charge in [0, 0.05) is 0 Å². The van der Waals surface area contributed by atoms with Crippen LogP contribution in [0.15, 0.2) is 0 Å². The first-order valence-corrected chi connectivity index (χ1v) is 4.34. The number of halogens is 2. The van der Waals surface area contributed by atoms with Crippen LogP contribution < -0.4 is 0 Å². The van der Waals surface area contributed by atoms with Gasteiger partial charge in [0.05, 0.1) is 0 Å². The fourth-order valence-corrected chi connectivity index (χ4v) is 0.400. The maximum Gasteiger partial charge on any atom is 0.331 e. The van der Waals surface area contributed by atoms with Crippen molar-refractivity contribution in [2.75, 3.05) is 0 Å². The number of ether oxygens (including phenoxy) is 1. The maximum absolute atomic E-state index is 10.7. The van der Waals surface area contributed by atoms with E-state index in [1.807, 2.05) is 0 Å². The zero-order chi connectivity index (χ0) is 9.02. The van der Waals surface area contributed by atoms with Crippen LogP contribution in [0.4, 0.5) is 0 Å². The first-order valence-electron chi connectivity index (χ1n) is 2.98. The number of rotatable bonds is 2. The van der Waals surface area contributed by atoms with Crippen molar-refractivity contribution < 1.29 is 14.3 Å². The van der Waals surface area contributed by atoms with Crippen molar-refractivity contribution in [2.24, 2.45) is 0 Å². The molecule has 0 aromatic rings. The summed E-state index contributed by atoms with van der Waals surface area (Å²) in [6, 6.07) is 0. The predicted octanol–water partition coefficient (Wildman–Crippen LogP) is 1.47. The van der Waals surface area contributed by atoms with Gasteiger partial charge in [0.1, 0.15) is 10.2 Å².